The average molecular weight is 437 g/mol. The van der Waals surface area contributed by atoms with Crippen LogP contribution in [-0.2, 0) is 10.0 Å². The molecule has 0 aliphatic heterocycles. The number of aromatic nitrogens is 4. The van der Waals surface area contributed by atoms with Crippen molar-refractivity contribution in [2.75, 3.05) is 0 Å². The number of para-hydroxylation sites is 1. The molecule has 0 atom stereocenters. The van der Waals surface area contributed by atoms with Gasteiger partial charge in [-0.1, -0.05) is 35.9 Å². The maximum absolute atomic E-state index is 13.2. The van der Waals surface area contributed by atoms with Crippen LogP contribution in [0.2, 0.25) is 5.28 Å². The molecule has 30 heavy (non-hydrogen) atoms. The van der Waals surface area contributed by atoms with Crippen molar-refractivity contribution in [3.05, 3.63) is 77.3 Å². The van der Waals surface area contributed by atoms with Crippen LogP contribution < -0.4 is 0 Å². The first-order chi connectivity index (χ1) is 14.4. The van der Waals surface area contributed by atoms with E-state index in [1.807, 2.05) is 38.2 Å². The molecular weight excluding hydrogens is 420 g/mol. The molecule has 3 aromatic heterocycles. The fourth-order valence-corrected chi connectivity index (χ4v) is 5.15. The van der Waals surface area contributed by atoms with Crippen LogP contribution in [0.25, 0.3) is 33.2 Å². The Morgan fingerprint density at radius 1 is 0.967 bits per heavy atom. The highest BCUT2D eigenvalue weighted by Gasteiger charge is 2.23. The van der Waals surface area contributed by atoms with Gasteiger partial charge in [-0.05, 0) is 49.2 Å². The van der Waals surface area contributed by atoms with E-state index in [-0.39, 0.29) is 15.8 Å². The Morgan fingerprint density at radius 2 is 1.73 bits per heavy atom. The molecule has 3 heterocycles. The van der Waals surface area contributed by atoms with Crippen LogP contribution in [0.5, 0.6) is 0 Å². The predicted molar refractivity (Wildman–Crippen MR) is 118 cm³/mol. The molecule has 0 bridgehead atoms. The fraction of sp³-hybridized carbons (Fsp3) is 0.0909. The minimum absolute atomic E-state index is 0.0152. The summed E-state index contributed by atoms with van der Waals surface area (Å²) in [5.74, 6) is 0. The van der Waals surface area contributed by atoms with E-state index < -0.39 is 10.0 Å². The van der Waals surface area contributed by atoms with Crippen molar-refractivity contribution in [3.8, 4) is 11.3 Å². The van der Waals surface area contributed by atoms with Gasteiger partial charge in [0.15, 0.2) is 5.65 Å². The number of H-pyrrole nitrogens is 1. The molecule has 0 aliphatic carbocycles. The Balaban J connectivity index is 1.76. The molecule has 5 rings (SSSR count). The zero-order chi connectivity index (χ0) is 21.0. The Labute approximate surface area is 178 Å². The smallest absolute Gasteiger partial charge is 0.269 e. The maximum atomic E-state index is 13.2. The summed E-state index contributed by atoms with van der Waals surface area (Å²) in [4.78, 5) is 12.1. The number of aromatic amines is 1. The summed E-state index contributed by atoms with van der Waals surface area (Å²) in [5, 5.41) is 1.58. The van der Waals surface area contributed by atoms with Gasteiger partial charge in [0.2, 0.25) is 5.28 Å². The zero-order valence-electron chi connectivity index (χ0n) is 16.2. The first-order valence-corrected chi connectivity index (χ1v) is 11.1. The summed E-state index contributed by atoms with van der Waals surface area (Å²) in [6, 6.07) is 14.4. The summed E-state index contributed by atoms with van der Waals surface area (Å²) in [5.41, 5.74) is 4.76. The van der Waals surface area contributed by atoms with Crippen LogP contribution in [0.3, 0.4) is 0 Å². The van der Waals surface area contributed by atoms with Crippen molar-refractivity contribution < 1.29 is 8.42 Å². The number of hydrogen-bond donors (Lipinski definition) is 1. The number of benzene rings is 2. The van der Waals surface area contributed by atoms with Crippen LogP contribution in [0.1, 0.15) is 11.1 Å². The largest absolute Gasteiger partial charge is 0.360 e. The van der Waals surface area contributed by atoms with Gasteiger partial charge in [-0.15, -0.1) is 0 Å². The molecule has 0 radical (unpaired) electrons. The van der Waals surface area contributed by atoms with Crippen molar-refractivity contribution in [2.45, 2.75) is 18.7 Å². The third kappa shape index (κ3) is 2.81. The van der Waals surface area contributed by atoms with Crippen LogP contribution in [0.4, 0.5) is 0 Å². The van der Waals surface area contributed by atoms with E-state index in [1.165, 1.54) is 6.20 Å². The Kier molecular flexibility index (Phi) is 4.20. The second kappa shape index (κ2) is 6.68. The second-order valence-electron chi connectivity index (χ2n) is 7.21. The third-order valence-electron chi connectivity index (χ3n) is 5.24. The molecule has 0 spiro atoms. The van der Waals surface area contributed by atoms with Gasteiger partial charge in [-0.3, -0.25) is 0 Å². The number of aryl methyl sites for hydroxylation is 2. The molecule has 5 aromatic rings. The molecule has 0 fully saturated rings. The van der Waals surface area contributed by atoms with E-state index in [1.54, 1.807) is 30.3 Å². The number of nitrogens with one attached hydrogen (secondary N) is 1. The number of halogens is 1. The first-order valence-electron chi connectivity index (χ1n) is 9.30. The summed E-state index contributed by atoms with van der Waals surface area (Å²) in [7, 11) is -3.83. The molecule has 0 unspecified atom stereocenters. The van der Waals surface area contributed by atoms with Gasteiger partial charge in [0, 0.05) is 34.2 Å². The van der Waals surface area contributed by atoms with Crippen LogP contribution >= 0.6 is 11.6 Å². The molecule has 0 aliphatic rings. The van der Waals surface area contributed by atoms with E-state index in [4.69, 9.17) is 11.6 Å². The van der Waals surface area contributed by atoms with E-state index >= 15 is 0 Å². The van der Waals surface area contributed by atoms with Crippen molar-refractivity contribution in [1.29, 1.82) is 0 Å². The minimum atomic E-state index is -3.83. The van der Waals surface area contributed by atoms with Crippen molar-refractivity contribution >= 4 is 43.6 Å². The van der Waals surface area contributed by atoms with Crippen LogP contribution in [-0.4, -0.2) is 27.3 Å². The van der Waals surface area contributed by atoms with Gasteiger partial charge < -0.3 is 4.98 Å². The Bertz CT molecular complexity index is 1530. The topological polar surface area (TPSA) is 80.6 Å². The Hall–Kier alpha value is -3.16. The summed E-state index contributed by atoms with van der Waals surface area (Å²) in [6.45, 7) is 3.93. The summed E-state index contributed by atoms with van der Waals surface area (Å²) >= 11 is 6.23. The van der Waals surface area contributed by atoms with Crippen molar-refractivity contribution in [3.63, 3.8) is 0 Å². The number of hydrogen-bond acceptors (Lipinski definition) is 4. The molecule has 2 aromatic carbocycles. The highest BCUT2D eigenvalue weighted by atomic mass is 35.5. The van der Waals surface area contributed by atoms with Crippen molar-refractivity contribution in [1.82, 2.24) is 18.9 Å². The number of nitrogens with zero attached hydrogens (tertiary/aromatic N) is 3. The highest BCUT2D eigenvalue weighted by molar-refractivity contribution is 7.90. The van der Waals surface area contributed by atoms with E-state index in [9.17, 15) is 8.42 Å². The second-order valence-corrected chi connectivity index (χ2v) is 9.36. The van der Waals surface area contributed by atoms with E-state index in [0.29, 0.717) is 11.1 Å². The zero-order valence-corrected chi connectivity index (χ0v) is 17.8. The van der Waals surface area contributed by atoms with E-state index in [2.05, 4.69) is 15.0 Å². The Morgan fingerprint density at radius 3 is 2.50 bits per heavy atom. The standard InChI is InChI=1S/C22H17ClN4O2S/c1-13-6-8-15(9-7-13)30(28,29)27-11-10-17-20(25-22(23)26-21(17)27)18-12-24-19-14(2)4-3-5-16(18)19/h3-12,24H,1-2H3. The number of fused-ring (bicyclic) bond motifs is 2. The van der Waals surface area contributed by atoms with Gasteiger partial charge in [-0.2, -0.15) is 4.98 Å². The van der Waals surface area contributed by atoms with Crippen molar-refractivity contribution in [2.24, 2.45) is 0 Å². The molecule has 0 saturated carbocycles. The molecule has 6 nitrogen and oxygen atoms in total. The van der Waals surface area contributed by atoms with Crippen LogP contribution in [0, 0.1) is 13.8 Å². The lowest BCUT2D eigenvalue weighted by Gasteiger charge is -2.08. The molecule has 8 heteroatoms. The quantitative estimate of drug-likeness (QED) is 0.399. The lowest BCUT2D eigenvalue weighted by Crippen LogP contribution is -2.12. The van der Waals surface area contributed by atoms with Gasteiger partial charge in [0.25, 0.3) is 10.0 Å². The lowest BCUT2D eigenvalue weighted by atomic mass is 10.1. The van der Waals surface area contributed by atoms with Gasteiger partial charge >= 0.3 is 0 Å². The SMILES string of the molecule is Cc1ccc(S(=O)(=O)n2ccc3c(-c4c[nH]c5c(C)cccc45)nc(Cl)nc32)cc1. The summed E-state index contributed by atoms with van der Waals surface area (Å²) < 4.78 is 27.6. The van der Waals surface area contributed by atoms with Gasteiger partial charge in [0.1, 0.15) is 0 Å². The minimum Gasteiger partial charge on any atom is -0.360 e. The number of rotatable bonds is 3. The summed E-state index contributed by atoms with van der Waals surface area (Å²) in [6.07, 6.45) is 3.36. The molecule has 0 saturated heterocycles. The predicted octanol–water partition coefficient (Wildman–Crippen LogP) is 5.09. The van der Waals surface area contributed by atoms with Gasteiger partial charge in [0.05, 0.1) is 10.6 Å². The average Bonchev–Trinajstić information content (AvgIpc) is 3.33. The molecule has 1 N–H and O–H groups in total. The molecule has 0 amide bonds. The molecular formula is C22H17ClN4O2S. The van der Waals surface area contributed by atoms with E-state index in [0.717, 1.165) is 31.6 Å². The molecule has 150 valence electrons. The fourth-order valence-electron chi connectivity index (χ4n) is 3.69. The normalized spacial score (nSPS) is 12.1. The monoisotopic (exact) mass is 436 g/mol. The first kappa shape index (κ1) is 18.8. The maximum Gasteiger partial charge on any atom is 0.269 e. The van der Waals surface area contributed by atoms with Crippen LogP contribution in [0.15, 0.2) is 65.8 Å². The lowest BCUT2D eigenvalue weighted by molar-refractivity contribution is 0.588. The highest BCUT2D eigenvalue weighted by Crippen LogP contribution is 2.35. The van der Waals surface area contributed by atoms with Gasteiger partial charge in [-0.25, -0.2) is 17.4 Å². The third-order valence-corrected chi connectivity index (χ3v) is 7.09.